The topological polar surface area (TPSA) is 64.5 Å². The number of aromatic nitrogens is 5. The Labute approximate surface area is 244 Å². The Bertz CT molecular complexity index is 1880. The van der Waals surface area contributed by atoms with Crippen LogP contribution in [0, 0.1) is 0 Å². The summed E-state index contributed by atoms with van der Waals surface area (Å²) >= 11 is 0. The second-order valence-corrected chi connectivity index (χ2v) is 9.86. The van der Waals surface area contributed by atoms with Gasteiger partial charge in [0.25, 0.3) is 0 Å². The quantitative estimate of drug-likeness (QED) is 0.212. The van der Waals surface area contributed by atoms with E-state index in [-0.39, 0.29) is 0 Å². The molecular formula is C37H25N5. The van der Waals surface area contributed by atoms with Crippen LogP contribution in [-0.2, 0) is 0 Å². The molecule has 3 aromatic heterocycles. The molecule has 3 heterocycles. The highest BCUT2D eigenvalue weighted by Gasteiger charge is 2.13. The van der Waals surface area contributed by atoms with Crippen LogP contribution in [-0.4, -0.2) is 24.9 Å². The van der Waals surface area contributed by atoms with Crippen molar-refractivity contribution in [1.82, 2.24) is 24.9 Å². The summed E-state index contributed by atoms with van der Waals surface area (Å²) in [5, 5.41) is 0. The minimum Gasteiger partial charge on any atom is -0.265 e. The molecule has 0 fully saturated rings. The normalized spacial score (nSPS) is 10.9. The number of benzene rings is 4. The molecule has 5 heteroatoms. The van der Waals surface area contributed by atoms with Crippen LogP contribution in [0.15, 0.2) is 152 Å². The van der Waals surface area contributed by atoms with Gasteiger partial charge in [-0.3, -0.25) is 9.97 Å². The van der Waals surface area contributed by atoms with Gasteiger partial charge in [0.2, 0.25) is 0 Å². The largest absolute Gasteiger partial charge is 0.265 e. The molecule has 0 N–H and O–H groups in total. The second-order valence-electron chi connectivity index (χ2n) is 9.86. The first-order chi connectivity index (χ1) is 20.8. The summed E-state index contributed by atoms with van der Waals surface area (Å²) < 4.78 is 0. The zero-order chi connectivity index (χ0) is 28.1. The highest BCUT2D eigenvalue weighted by molar-refractivity contribution is 5.75. The molecule has 0 aliphatic heterocycles. The van der Waals surface area contributed by atoms with E-state index in [4.69, 9.17) is 15.0 Å². The monoisotopic (exact) mass is 539 g/mol. The smallest absolute Gasteiger partial charge is 0.164 e. The van der Waals surface area contributed by atoms with Crippen LogP contribution in [0.5, 0.6) is 0 Å². The van der Waals surface area contributed by atoms with E-state index in [2.05, 4.69) is 58.5 Å². The minimum absolute atomic E-state index is 0.640. The van der Waals surface area contributed by atoms with Crippen molar-refractivity contribution in [2.75, 3.05) is 0 Å². The van der Waals surface area contributed by atoms with Gasteiger partial charge >= 0.3 is 0 Å². The van der Waals surface area contributed by atoms with Gasteiger partial charge in [0.1, 0.15) is 0 Å². The first-order valence-electron chi connectivity index (χ1n) is 13.7. The van der Waals surface area contributed by atoms with Crippen molar-refractivity contribution in [1.29, 1.82) is 0 Å². The molecule has 42 heavy (non-hydrogen) atoms. The van der Waals surface area contributed by atoms with E-state index in [0.717, 1.165) is 50.2 Å². The number of nitrogens with zero attached hydrogens (tertiary/aromatic N) is 5. The lowest BCUT2D eigenvalue weighted by atomic mass is 9.99. The molecule has 0 saturated heterocycles. The maximum Gasteiger partial charge on any atom is 0.164 e. The van der Waals surface area contributed by atoms with Crippen molar-refractivity contribution >= 4 is 0 Å². The molecule has 0 unspecified atom stereocenters. The van der Waals surface area contributed by atoms with Gasteiger partial charge < -0.3 is 0 Å². The zero-order valence-corrected chi connectivity index (χ0v) is 22.7. The Balaban J connectivity index is 1.20. The fourth-order valence-electron chi connectivity index (χ4n) is 4.89. The second kappa shape index (κ2) is 11.4. The summed E-state index contributed by atoms with van der Waals surface area (Å²) in [7, 11) is 0. The lowest BCUT2D eigenvalue weighted by Gasteiger charge is -2.10. The highest BCUT2D eigenvalue weighted by Crippen LogP contribution is 2.30. The maximum atomic E-state index is 4.88. The summed E-state index contributed by atoms with van der Waals surface area (Å²) in [6, 6.07) is 45.0. The number of hydrogen-bond acceptors (Lipinski definition) is 5. The molecule has 0 bridgehead atoms. The minimum atomic E-state index is 0.640. The molecule has 0 spiro atoms. The van der Waals surface area contributed by atoms with Gasteiger partial charge in [-0.25, -0.2) is 15.0 Å². The van der Waals surface area contributed by atoms with Crippen LogP contribution in [0.1, 0.15) is 0 Å². The average molecular weight is 540 g/mol. The standard InChI is InChI=1S/C37H25N5/c1-3-8-29(9-4-1)35-40-36(30-10-5-2-6-11-30)42-37(41-35)32-13-7-12-31(24-32)26-14-16-27(17-15-26)33-18-19-34(39-25-33)28-20-22-38-23-21-28/h1-25H. The van der Waals surface area contributed by atoms with Gasteiger partial charge in [0.15, 0.2) is 17.5 Å². The average Bonchev–Trinajstić information content (AvgIpc) is 3.09. The molecule has 5 nitrogen and oxygen atoms in total. The first-order valence-corrected chi connectivity index (χ1v) is 13.7. The molecule has 4 aromatic carbocycles. The molecule has 0 aliphatic carbocycles. The van der Waals surface area contributed by atoms with Crippen LogP contribution >= 0.6 is 0 Å². The third-order valence-electron chi connectivity index (χ3n) is 7.11. The fraction of sp³-hybridized carbons (Fsp3) is 0. The van der Waals surface area contributed by atoms with Crippen LogP contribution in [0.3, 0.4) is 0 Å². The molecule has 0 atom stereocenters. The van der Waals surface area contributed by atoms with Crippen LogP contribution in [0.25, 0.3) is 67.7 Å². The van der Waals surface area contributed by atoms with Gasteiger partial charge in [-0.2, -0.15) is 0 Å². The number of pyridine rings is 2. The SMILES string of the molecule is c1ccc(-c2nc(-c3ccccc3)nc(-c3cccc(-c4ccc(-c5ccc(-c6ccncc6)nc5)cc4)c3)n2)cc1. The summed E-state index contributed by atoms with van der Waals surface area (Å²) in [4.78, 5) is 23.3. The maximum absolute atomic E-state index is 4.88. The van der Waals surface area contributed by atoms with E-state index in [9.17, 15) is 0 Å². The summed E-state index contributed by atoms with van der Waals surface area (Å²) in [6.45, 7) is 0. The molecule has 0 amide bonds. The molecule has 198 valence electrons. The Morgan fingerprint density at radius 3 is 1.40 bits per heavy atom. The van der Waals surface area contributed by atoms with Gasteiger partial charge in [0, 0.05) is 46.4 Å². The van der Waals surface area contributed by atoms with E-state index in [0.29, 0.717) is 17.5 Å². The van der Waals surface area contributed by atoms with Gasteiger partial charge in [0.05, 0.1) is 5.69 Å². The number of hydrogen-bond donors (Lipinski definition) is 0. The van der Waals surface area contributed by atoms with Gasteiger partial charge in [-0.15, -0.1) is 0 Å². The predicted octanol–water partition coefficient (Wildman–Crippen LogP) is 8.66. The van der Waals surface area contributed by atoms with Crippen LogP contribution < -0.4 is 0 Å². The van der Waals surface area contributed by atoms with Crippen molar-refractivity contribution in [3.63, 3.8) is 0 Å². The Morgan fingerprint density at radius 2 is 0.833 bits per heavy atom. The Morgan fingerprint density at radius 1 is 0.333 bits per heavy atom. The van der Waals surface area contributed by atoms with Crippen LogP contribution in [0.4, 0.5) is 0 Å². The van der Waals surface area contributed by atoms with E-state index >= 15 is 0 Å². The van der Waals surface area contributed by atoms with E-state index in [1.165, 1.54) is 0 Å². The lowest BCUT2D eigenvalue weighted by Crippen LogP contribution is -2.00. The molecule has 7 rings (SSSR count). The number of rotatable bonds is 6. The van der Waals surface area contributed by atoms with Gasteiger partial charge in [-0.05, 0) is 41.0 Å². The lowest BCUT2D eigenvalue weighted by molar-refractivity contribution is 1.07. The zero-order valence-electron chi connectivity index (χ0n) is 22.7. The Kier molecular flexibility index (Phi) is 6.81. The third-order valence-corrected chi connectivity index (χ3v) is 7.11. The van der Waals surface area contributed by atoms with Crippen molar-refractivity contribution in [2.24, 2.45) is 0 Å². The predicted molar refractivity (Wildman–Crippen MR) is 168 cm³/mol. The van der Waals surface area contributed by atoms with E-state index < -0.39 is 0 Å². The fourth-order valence-corrected chi connectivity index (χ4v) is 4.89. The van der Waals surface area contributed by atoms with Crippen molar-refractivity contribution in [3.8, 4) is 67.7 Å². The van der Waals surface area contributed by atoms with Crippen molar-refractivity contribution < 1.29 is 0 Å². The van der Waals surface area contributed by atoms with Crippen molar-refractivity contribution in [3.05, 3.63) is 152 Å². The summed E-state index contributed by atoms with van der Waals surface area (Å²) in [5.41, 5.74) is 9.21. The van der Waals surface area contributed by atoms with E-state index in [1.807, 2.05) is 91.1 Å². The third kappa shape index (κ3) is 5.31. The van der Waals surface area contributed by atoms with Gasteiger partial charge in [-0.1, -0.05) is 109 Å². The summed E-state index contributed by atoms with van der Waals surface area (Å²) in [5.74, 6) is 1.94. The summed E-state index contributed by atoms with van der Waals surface area (Å²) in [6.07, 6.45) is 5.48. The highest BCUT2D eigenvalue weighted by atomic mass is 15.0. The molecule has 0 saturated carbocycles. The van der Waals surface area contributed by atoms with Crippen LogP contribution in [0.2, 0.25) is 0 Å². The molecule has 0 radical (unpaired) electrons. The molecule has 0 aliphatic rings. The molecule has 7 aromatic rings. The van der Waals surface area contributed by atoms with Crippen molar-refractivity contribution in [2.45, 2.75) is 0 Å². The van der Waals surface area contributed by atoms with E-state index in [1.54, 1.807) is 12.4 Å². The molecular weight excluding hydrogens is 514 g/mol. The Hall–Kier alpha value is -5.81. The first kappa shape index (κ1) is 25.2.